The van der Waals surface area contributed by atoms with Crippen molar-refractivity contribution in [1.29, 1.82) is 0 Å². The molecule has 1 aliphatic carbocycles. The molecule has 2 nitrogen and oxygen atoms in total. The molecule has 2 atom stereocenters. The first-order valence-electron chi connectivity index (χ1n) is 4.44. The van der Waals surface area contributed by atoms with Crippen molar-refractivity contribution in [3.63, 3.8) is 0 Å². The first-order chi connectivity index (χ1) is 5.50. The Kier molecular flexibility index (Phi) is 2.36. The van der Waals surface area contributed by atoms with Crippen molar-refractivity contribution in [3.8, 4) is 0 Å². The number of ketones is 1. The van der Waals surface area contributed by atoms with Crippen molar-refractivity contribution in [1.82, 2.24) is 0 Å². The maximum atomic E-state index is 11.1. The molecule has 0 unspecified atom stereocenters. The minimum absolute atomic E-state index is 0.0484. The molecule has 0 radical (unpaired) electrons. The lowest BCUT2D eigenvalue weighted by molar-refractivity contribution is -0.138. The van der Waals surface area contributed by atoms with Crippen molar-refractivity contribution in [3.05, 3.63) is 0 Å². The highest BCUT2D eigenvalue weighted by molar-refractivity contribution is 5.80. The summed E-state index contributed by atoms with van der Waals surface area (Å²) < 4.78 is 0. The molecular formula is C10H16O2. The van der Waals surface area contributed by atoms with E-state index in [1.807, 2.05) is 0 Å². The number of aldehydes is 1. The molecular weight excluding hydrogens is 152 g/mol. The van der Waals surface area contributed by atoms with Crippen molar-refractivity contribution < 1.29 is 9.59 Å². The van der Waals surface area contributed by atoms with Gasteiger partial charge in [0.2, 0.25) is 0 Å². The highest BCUT2D eigenvalue weighted by Crippen LogP contribution is 2.52. The third-order valence-electron chi connectivity index (χ3n) is 3.34. The molecule has 1 saturated carbocycles. The molecule has 0 saturated heterocycles. The van der Waals surface area contributed by atoms with Gasteiger partial charge in [0.25, 0.3) is 0 Å². The monoisotopic (exact) mass is 168 g/mol. The van der Waals surface area contributed by atoms with Crippen LogP contribution in [0.2, 0.25) is 0 Å². The highest BCUT2D eigenvalue weighted by Gasteiger charge is 2.49. The minimum Gasteiger partial charge on any atom is -0.303 e. The second kappa shape index (κ2) is 3.00. The summed E-state index contributed by atoms with van der Waals surface area (Å²) in [6, 6.07) is 0. The molecule has 0 amide bonds. The third kappa shape index (κ3) is 1.30. The lowest BCUT2D eigenvalue weighted by Crippen LogP contribution is -2.48. The molecule has 0 aliphatic heterocycles. The predicted octanol–water partition coefficient (Wildman–Crippen LogP) is 1.83. The second-order valence-electron chi connectivity index (χ2n) is 4.32. The second-order valence-corrected chi connectivity index (χ2v) is 4.32. The molecule has 1 aliphatic rings. The Bertz CT molecular complexity index is 206. The summed E-state index contributed by atoms with van der Waals surface area (Å²) in [4.78, 5) is 21.4. The van der Waals surface area contributed by atoms with Crippen LogP contribution in [0.4, 0.5) is 0 Å². The van der Waals surface area contributed by atoms with Gasteiger partial charge in [0.1, 0.15) is 12.1 Å². The van der Waals surface area contributed by atoms with E-state index in [0.717, 1.165) is 12.7 Å². The quantitative estimate of drug-likeness (QED) is 0.602. The van der Waals surface area contributed by atoms with Crippen molar-refractivity contribution in [2.24, 2.45) is 17.3 Å². The molecule has 2 heteroatoms. The van der Waals surface area contributed by atoms with Gasteiger partial charge in [-0.05, 0) is 24.7 Å². The number of hydrogen-bond donors (Lipinski definition) is 0. The van der Waals surface area contributed by atoms with E-state index in [-0.39, 0.29) is 17.1 Å². The number of carbonyl (C=O) groups excluding carboxylic acids is 2. The van der Waals surface area contributed by atoms with E-state index in [9.17, 15) is 9.59 Å². The Labute approximate surface area is 73.3 Å². The van der Waals surface area contributed by atoms with Crippen molar-refractivity contribution in [2.75, 3.05) is 0 Å². The average molecular weight is 168 g/mol. The number of carbonyl (C=O) groups is 2. The van der Waals surface area contributed by atoms with E-state index in [2.05, 4.69) is 13.8 Å². The molecule has 68 valence electrons. The fourth-order valence-electron chi connectivity index (χ4n) is 2.22. The Balaban J connectivity index is 2.59. The zero-order valence-electron chi connectivity index (χ0n) is 7.96. The number of Topliss-reactive ketones (excluding diaryl/α,β-unsaturated/α-hetero) is 1. The summed E-state index contributed by atoms with van der Waals surface area (Å²) >= 11 is 0. The summed E-state index contributed by atoms with van der Waals surface area (Å²) in [5.74, 6) is 0.869. The van der Waals surface area contributed by atoms with Crippen molar-refractivity contribution >= 4 is 12.1 Å². The van der Waals surface area contributed by atoms with Crippen LogP contribution >= 0.6 is 0 Å². The summed E-state index contributed by atoms with van der Waals surface area (Å²) in [5, 5.41) is 0. The van der Waals surface area contributed by atoms with Crippen LogP contribution in [0.3, 0.4) is 0 Å². The van der Waals surface area contributed by atoms with Gasteiger partial charge in [-0.25, -0.2) is 0 Å². The molecule has 0 heterocycles. The SMILES string of the molecule is CC(=O)[C@@H]1C[C@@H](CC=O)C1(C)C. The van der Waals surface area contributed by atoms with E-state index < -0.39 is 0 Å². The molecule has 1 fully saturated rings. The van der Waals surface area contributed by atoms with E-state index >= 15 is 0 Å². The summed E-state index contributed by atoms with van der Waals surface area (Å²) in [7, 11) is 0. The van der Waals surface area contributed by atoms with Gasteiger partial charge in [-0.3, -0.25) is 4.79 Å². The molecule has 0 aromatic carbocycles. The lowest BCUT2D eigenvalue weighted by atomic mass is 9.53. The normalized spacial score (nSPS) is 32.2. The van der Waals surface area contributed by atoms with Gasteiger partial charge < -0.3 is 4.79 Å². The third-order valence-corrected chi connectivity index (χ3v) is 3.34. The van der Waals surface area contributed by atoms with Crippen molar-refractivity contribution in [2.45, 2.75) is 33.6 Å². The van der Waals surface area contributed by atoms with Gasteiger partial charge in [-0.2, -0.15) is 0 Å². The number of hydrogen-bond acceptors (Lipinski definition) is 2. The van der Waals surface area contributed by atoms with Crippen LogP contribution in [0.25, 0.3) is 0 Å². The molecule has 0 spiro atoms. The Morgan fingerprint density at radius 2 is 2.17 bits per heavy atom. The van der Waals surface area contributed by atoms with E-state index in [1.54, 1.807) is 6.92 Å². The fraction of sp³-hybridized carbons (Fsp3) is 0.800. The molecule has 0 aromatic rings. The first-order valence-corrected chi connectivity index (χ1v) is 4.44. The standard InChI is InChI=1S/C10H16O2/c1-7(12)9-6-8(4-5-11)10(9,2)3/h5,8-9H,4,6H2,1-3H3/t8-,9+/m1/s1. The fourth-order valence-corrected chi connectivity index (χ4v) is 2.22. The maximum Gasteiger partial charge on any atom is 0.133 e. The summed E-state index contributed by atoms with van der Waals surface area (Å²) in [5.41, 5.74) is 0.0484. The van der Waals surface area contributed by atoms with E-state index in [0.29, 0.717) is 12.3 Å². The average Bonchev–Trinajstić information content (AvgIpc) is 1.96. The largest absolute Gasteiger partial charge is 0.303 e. The topological polar surface area (TPSA) is 34.1 Å². The van der Waals surface area contributed by atoms with Gasteiger partial charge >= 0.3 is 0 Å². The van der Waals surface area contributed by atoms with Crippen LogP contribution in [-0.4, -0.2) is 12.1 Å². The van der Waals surface area contributed by atoms with Gasteiger partial charge in [0, 0.05) is 12.3 Å². The molecule has 0 aromatic heterocycles. The van der Waals surface area contributed by atoms with Crippen LogP contribution < -0.4 is 0 Å². The zero-order valence-corrected chi connectivity index (χ0v) is 7.96. The maximum absolute atomic E-state index is 11.1. The smallest absolute Gasteiger partial charge is 0.133 e. The van der Waals surface area contributed by atoms with Crippen LogP contribution in [-0.2, 0) is 9.59 Å². The Morgan fingerprint density at radius 3 is 2.50 bits per heavy atom. The molecule has 0 N–H and O–H groups in total. The summed E-state index contributed by atoms with van der Waals surface area (Å²) in [6.07, 6.45) is 2.47. The minimum atomic E-state index is 0.0484. The lowest BCUT2D eigenvalue weighted by Gasteiger charge is -2.50. The highest BCUT2D eigenvalue weighted by atomic mass is 16.1. The predicted molar refractivity (Wildman–Crippen MR) is 46.7 cm³/mol. The first kappa shape index (κ1) is 9.43. The van der Waals surface area contributed by atoms with Gasteiger partial charge in [-0.15, -0.1) is 0 Å². The van der Waals surface area contributed by atoms with Gasteiger partial charge in [0.15, 0.2) is 0 Å². The van der Waals surface area contributed by atoms with E-state index in [4.69, 9.17) is 0 Å². The molecule has 1 rings (SSSR count). The number of rotatable bonds is 3. The summed E-state index contributed by atoms with van der Waals surface area (Å²) in [6.45, 7) is 5.80. The van der Waals surface area contributed by atoms with Crippen LogP contribution in [0.15, 0.2) is 0 Å². The van der Waals surface area contributed by atoms with Crippen LogP contribution in [0, 0.1) is 17.3 Å². The van der Waals surface area contributed by atoms with Crippen LogP contribution in [0.1, 0.15) is 33.6 Å². The zero-order chi connectivity index (χ0) is 9.35. The van der Waals surface area contributed by atoms with Crippen LogP contribution in [0.5, 0.6) is 0 Å². The van der Waals surface area contributed by atoms with Gasteiger partial charge in [-0.1, -0.05) is 13.8 Å². The Morgan fingerprint density at radius 1 is 1.58 bits per heavy atom. The molecule has 12 heavy (non-hydrogen) atoms. The Hall–Kier alpha value is -0.660. The van der Waals surface area contributed by atoms with E-state index in [1.165, 1.54) is 0 Å². The molecule has 0 bridgehead atoms. The van der Waals surface area contributed by atoms with Gasteiger partial charge in [0.05, 0.1) is 0 Å².